The summed E-state index contributed by atoms with van der Waals surface area (Å²) < 4.78 is 8.15. The molecule has 0 saturated carbocycles. The number of hydrogen-bond acceptors (Lipinski definition) is 4. The smallest absolute Gasteiger partial charge is 0.228 e. The third-order valence-corrected chi connectivity index (χ3v) is 6.54. The molecule has 0 radical (unpaired) electrons. The largest absolute Gasteiger partial charge is 0.438 e. The van der Waals surface area contributed by atoms with Crippen LogP contribution in [0.1, 0.15) is 28.2 Å². The number of fused-ring (bicyclic) bond motifs is 6. The van der Waals surface area contributed by atoms with Gasteiger partial charge in [-0.1, -0.05) is 90.5 Å². The van der Waals surface area contributed by atoms with Crippen LogP contribution < -0.4 is 4.74 Å². The highest BCUT2D eigenvalue weighted by Gasteiger charge is 2.34. The van der Waals surface area contributed by atoms with Gasteiger partial charge in [-0.15, -0.1) is 5.10 Å². The van der Waals surface area contributed by atoms with Crippen molar-refractivity contribution >= 4 is 16.4 Å². The topological polar surface area (TPSA) is 52.3 Å². The summed E-state index contributed by atoms with van der Waals surface area (Å²) in [5.74, 6) is 1.99. The Hall–Kier alpha value is -4.51. The summed E-state index contributed by atoms with van der Waals surface area (Å²) in [5, 5.41) is 7.10. The summed E-state index contributed by atoms with van der Waals surface area (Å²) in [6.45, 7) is 2.07. The van der Waals surface area contributed by atoms with Crippen LogP contribution in [0, 0.1) is 6.92 Å². The van der Waals surface area contributed by atoms with Gasteiger partial charge in [0.2, 0.25) is 5.88 Å². The number of aryl methyl sites for hydroxylation is 1. The van der Waals surface area contributed by atoms with E-state index in [2.05, 4.69) is 90.8 Å². The highest BCUT2D eigenvalue weighted by atomic mass is 16.5. The predicted molar refractivity (Wildman–Crippen MR) is 132 cm³/mol. The molecule has 0 saturated heterocycles. The van der Waals surface area contributed by atoms with Gasteiger partial charge in [0.05, 0.1) is 5.56 Å². The molecule has 1 aliphatic heterocycles. The monoisotopic (exact) mass is 440 g/mol. The zero-order valence-electron chi connectivity index (χ0n) is 18.5. The average Bonchev–Trinajstić information content (AvgIpc) is 3.33. The van der Waals surface area contributed by atoms with Crippen molar-refractivity contribution in [1.29, 1.82) is 0 Å². The molecule has 0 N–H and O–H groups in total. The lowest BCUT2D eigenvalue weighted by Crippen LogP contribution is -2.15. The summed E-state index contributed by atoms with van der Waals surface area (Å²) in [6, 6.07) is 31.4. The summed E-state index contributed by atoms with van der Waals surface area (Å²) in [7, 11) is 0. The number of rotatable bonds is 2. The molecule has 3 heterocycles. The standard InChI is InChI=1S/C29H20N4O/c1-18-11-13-21(14-12-18)27-31-28-26-24(20-8-3-2-4-9-20)25-22-10-6-5-7-19(22)15-16-23(25)34-29(26)30-17-33(28)32-27/h2-17,24H,1H3. The van der Waals surface area contributed by atoms with Gasteiger partial charge in [0.1, 0.15) is 12.1 Å². The first-order valence-corrected chi connectivity index (χ1v) is 11.3. The normalized spacial score (nSPS) is 14.6. The SMILES string of the molecule is Cc1ccc(-c2nc3c4c(ncn3n2)Oc2ccc3ccccc3c2C4c2ccccc2)cc1. The predicted octanol–water partition coefficient (Wildman–Crippen LogP) is 6.54. The van der Waals surface area contributed by atoms with Crippen LogP contribution in [0.15, 0.2) is 97.3 Å². The van der Waals surface area contributed by atoms with Crippen LogP contribution in [0.4, 0.5) is 0 Å². The zero-order chi connectivity index (χ0) is 22.6. The van der Waals surface area contributed by atoms with Gasteiger partial charge in [-0.2, -0.15) is 0 Å². The third-order valence-electron chi connectivity index (χ3n) is 6.54. The Kier molecular flexibility index (Phi) is 4.05. The molecule has 0 aliphatic carbocycles. The maximum absolute atomic E-state index is 6.38. The van der Waals surface area contributed by atoms with Crippen LogP contribution in [0.2, 0.25) is 0 Å². The van der Waals surface area contributed by atoms with Gasteiger partial charge < -0.3 is 4.74 Å². The van der Waals surface area contributed by atoms with Gasteiger partial charge in [-0.25, -0.2) is 14.5 Å². The lowest BCUT2D eigenvalue weighted by Gasteiger charge is -2.29. The summed E-state index contributed by atoms with van der Waals surface area (Å²) in [5.41, 5.74) is 6.16. The molecule has 0 bridgehead atoms. The fraction of sp³-hybridized carbons (Fsp3) is 0.0690. The molecule has 34 heavy (non-hydrogen) atoms. The minimum absolute atomic E-state index is 0.0858. The molecule has 0 amide bonds. The molecule has 7 rings (SSSR count). The number of aromatic nitrogens is 4. The highest BCUT2D eigenvalue weighted by molar-refractivity contribution is 5.90. The molecule has 1 atom stereocenters. The average molecular weight is 441 g/mol. The molecule has 5 heteroatoms. The number of benzene rings is 4. The maximum Gasteiger partial charge on any atom is 0.228 e. The zero-order valence-corrected chi connectivity index (χ0v) is 18.5. The second-order valence-electron chi connectivity index (χ2n) is 8.68. The lowest BCUT2D eigenvalue weighted by molar-refractivity contribution is 0.433. The van der Waals surface area contributed by atoms with Crippen molar-refractivity contribution in [3.63, 3.8) is 0 Å². The maximum atomic E-state index is 6.38. The molecule has 6 aromatic rings. The Morgan fingerprint density at radius 1 is 0.794 bits per heavy atom. The lowest BCUT2D eigenvalue weighted by atomic mass is 9.81. The molecule has 0 fully saturated rings. The van der Waals surface area contributed by atoms with Crippen molar-refractivity contribution in [2.45, 2.75) is 12.8 Å². The van der Waals surface area contributed by atoms with E-state index in [1.165, 1.54) is 21.9 Å². The summed E-state index contributed by atoms with van der Waals surface area (Å²) in [6.07, 6.45) is 1.69. The molecule has 4 aromatic carbocycles. The van der Waals surface area contributed by atoms with Crippen molar-refractivity contribution in [2.24, 2.45) is 0 Å². The van der Waals surface area contributed by atoms with Crippen molar-refractivity contribution in [1.82, 2.24) is 19.6 Å². The van der Waals surface area contributed by atoms with Crippen LogP contribution in [0.25, 0.3) is 27.8 Å². The van der Waals surface area contributed by atoms with Crippen LogP contribution in [0.5, 0.6) is 11.6 Å². The van der Waals surface area contributed by atoms with Crippen LogP contribution in [-0.4, -0.2) is 19.6 Å². The van der Waals surface area contributed by atoms with E-state index in [4.69, 9.17) is 14.8 Å². The third kappa shape index (κ3) is 2.83. The van der Waals surface area contributed by atoms with E-state index < -0.39 is 0 Å². The van der Waals surface area contributed by atoms with E-state index in [0.29, 0.717) is 11.7 Å². The fourth-order valence-corrected chi connectivity index (χ4v) is 4.91. The van der Waals surface area contributed by atoms with Crippen LogP contribution >= 0.6 is 0 Å². The minimum atomic E-state index is -0.0858. The van der Waals surface area contributed by atoms with E-state index >= 15 is 0 Å². The first kappa shape index (κ1) is 19.0. The molecular weight excluding hydrogens is 420 g/mol. The van der Waals surface area contributed by atoms with Gasteiger partial charge in [0.25, 0.3) is 0 Å². The second kappa shape index (κ2) is 7.25. The first-order chi connectivity index (χ1) is 16.8. The van der Waals surface area contributed by atoms with Gasteiger partial charge in [-0.3, -0.25) is 0 Å². The summed E-state index contributed by atoms with van der Waals surface area (Å²) in [4.78, 5) is 9.65. The van der Waals surface area contributed by atoms with Crippen molar-refractivity contribution in [3.05, 3.63) is 120 Å². The Labute approximate surface area is 196 Å². The quantitative estimate of drug-likeness (QED) is 0.306. The molecule has 0 spiro atoms. The van der Waals surface area contributed by atoms with Crippen LogP contribution in [0.3, 0.4) is 0 Å². The fourth-order valence-electron chi connectivity index (χ4n) is 4.91. The van der Waals surface area contributed by atoms with E-state index in [9.17, 15) is 0 Å². The van der Waals surface area contributed by atoms with E-state index in [-0.39, 0.29) is 5.92 Å². The van der Waals surface area contributed by atoms with Gasteiger partial charge in [0.15, 0.2) is 11.5 Å². The number of ether oxygens (including phenoxy) is 1. The van der Waals surface area contributed by atoms with Gasteiger partial charge >= 0.3 is 0 Å². The van der Waals surface area contributed by atoms with E-state index in [1.54, 1.807) is 10.8 Å². The number of hydrogen-bond donors (Lipinski definition) is 0. The highest BCUT2D eigenvalue weighted by Crippen LogP contribution is 2.50. The summed E-state index contributed by atoms with van der Waals surface area (Å²) >= 11 is 0. The molecule has 5 nitrogen and oxygen atoms in total. The Morgan fingerprint density at radius 2 is 1.59 bits per heavy atom. The van der Waals surface area contributed by atoms with Gasteiger partial charge in [0, 0.05) is 17.0 Å². The molecule has 162 valence electrons. The van der Waals surface area contributed by atoms with Crippen LogP contribution in [-0.2, 0) is 0 Å². The second-order valence-corrected chi connectivity index (χ2v) is 8.68. The molecular formula is C29H20N4O. The van der Waals surface area contributed by atoms with Crippen molar-refractivity contribution in [3.8, 4) is 23.0 Å². The van der Waals surface area contributed by atoms with Crippen molar-refractivity contribution < 1.29 is 4.74 Å². The molecule has 1 aliphatic rings. The Morgan fingerprint density at radius 3 is 2.44 bits per heavy atom. The van der Waals surface area contributed by atoms with Gasteiger partial charge in [-0.05, 0) is 29.3 Å². The minimum Gasteiger partial charge on any atom is -0.438 e. The van der Waals surface area contributed by atoms with E-state index in [0.717, 1.165) is 28.1 Å². The van der Waals surface area contributed by atoms with Crippen molar-refractivity contribution in [2.75, 3.05) is 0 Å². The number of nitrogens with zero attached hydrogens (tertiary/aromatic N) is 4. The molecule has 2 aromatic heterocycles. The first-order valence-electron chi connectivity index (χ1n) is 11.3. The Balaban J connectivity index is 1.53. The Bertz CT molecular complexity index is 1690. The van der Waals surface area contributed by atoms with E-state index in [1.807, 2.05) is 12.1 Å². The molecule has 1 unspecified atom stereocenters.